The van der Waals surface area contributed by atoms with Gasteiger partial charge in [0.25, 0.3) is 11.8 Å². The van der Waals surface area contributed by atoms with Crippen molar-refractivity contribution >= 4 is 34.5 Å². The second-order valence-electron chi connectivity index (χ2n) is 6.13. The minimum Gasteiger partial charge on any atom is -0.452 e. The summed E-state index contributed by atoms with van der Waals surface area (Å²) in [5, 5.41) is 2.50. The zero-order chi connectivity index (χ0) is 20.3. The lowest BCUT2D eigenvalue weighted by atomic mass is 10.1. The molecule has 8 nitrogen and oxygen atoms in total. The topological polar surface area (TPSA) is 124 Å². The van der Waals surface area contributed by atoms with Crippen LogP contribution in [0.1, 0.15) is 32.1 Å². The van der Waals surface area contributed by atoms with Gasteiger partial charge in [-0.05, 0) is 44.2 Å². The molecule has 1 aromatic heterocycles. The highest BCUT2D eigenvalue weighted by Crippen LogP contribution is 2.16. The van der Waals surface area contributed by atoms with Gasteiger partial charge in [0.2, 0.25) is 0 Å². The number of carbonyl (C=O) groups is 3. The van der Waals surface area contributed by atoms with Gasteiger partial charge in [-0.15, -0.1) is 0 Å². The maximum atomic E-state index is 12.2. The van der Waals surface area contributed by atoms with Gasteiger partial charge in [-0.3, -0.25) is 9.59 Å². The van der Waals surface area contributed by atoms with Crippen LogP contribution in [0, 0.1) is 13.8 Å². The Hall–Kier alpha value is -3.81. The fourth-order valence-electron chi connectivity index (χ4n) is 2.57. The summed E-state index contributed by atoms with van der Waals surface area (Å²) in [6.07, 6.45) is 0. The molecule has 0 aliphatic rings. The first-order chi connectivity index (χ1) is 13.3. The maximum Gasteiger partial charge on any atom is 0.338 e. The van der Waals surface area contributed by atoms with Gasteiger partial charge in [0.15, 0.2) is 6.61 Å². The van der Waals surface area contributed by atoms with E-state index in [2.05, 4.69) is 15.3 Å². The average molecular weight is 378 g/mol. The number of ether oxygens (including phenoxy) is 1. The molecule has 0 aliphatic carbocycles. The lowest BCUT2D eigenvalue weighted by molar-refractivity contribution is -0.119. The average Bonchev–Trinajstić information content (AvgIpc) is 2.67. The summed E-state index contributed by atoms with van der Waals surface area (Å²) in [6, 6.07) is 11.1. The number of nitrogens with zero attached hydrogens (tertiary/aromatic N) is 2. The number of rotatable bonds is 5. The molecule has 0 radical (unpaired) electrons. The molecule has 2 amide bonds. The van der Waals surface area contributed by atoms with E-state index in [9.17, 15) is 14.4 Å². The van der Waals surface area contributed by atoms with Crippen molar-refractivity contribution in [2.75, 3.05) is 11.9 Å². The van der Waals surface area contributed by atoms with Crippen LogP contribution in [0.25, 0.3) is 11.0 Å². The molecule has 0 unspecified atom stereocenters. The minimum atomic E-state index is -0.671. The zero-order valence-corrected chi connectivity index (χ0v) is 15.4. The van der Waals surface area contributed by atoms with Crippen LogP contribution in [-0.2, 0) is 9.53 Å². The first-order valence-corrected chi connectivity index (χ1v) is 8.46. The minimum absolute atomic E-state index is 0.168. The molecular formula is C20H18N4O4. The number of aryl methyl sites for hydroxylation is 2. The maximum absolute atomic E-state index is 12.2. The fourth-order valence-corrected chi connectivity index (χ4v) is 2.57. The second-order valence-corrected chi connectivity index (χ2v) is 6.13. The smallest absolute Gasteiger partial charge is 0.338 e. The molecule has 0 saturated carbocycles. The lowest BCUT2D eigenvalue weighted by Crippen LogP contribution is -2.23. The molecule has 8 heteroatoms. The van der Waals surface area contributed by atoms with Crippen LogP contribution in [0.4, 0.5) is 5.69 Å². The van der Waals surface area contributed by atoms with Crippen molar-refractivity contribution in [3.63, 3.8) is 0 Å². The van der Waals surface area contributed by atoms with Crippen LogP contribution in [0.2, 0.25) is 0 Å². The highest BCUT2D eigenvalue weighted by Gasteiger charge is 2.14. The van der Waals surface area contributed by atoms with Gasteiger partial charge < -0.3 is 15.8 Å². The number of aromatic nitrogens is 2. The molecule has 0 saturated heterocycles. The van der Waals surface area contributed by atoms with Gasteiger partial charge in [0.05, 0.1) is 39.2 Å². The molecule has 0 spiro atoms. The van der Waals surface area contributed by atoms with Crippen molar-refractivity contribution in [3.8, 4) is 0 Å². The number of amides is 2. The van der Waals surface area contributed by atoms with E-state index in [-0.39, 0.29) is 16.8 Å². The first-order valence-electron chi connectivity index (χ1n) is 8.46. The van der Waals surface area contributed by atoms with Gasteiger partial charge in [-0.2, -0.15) is 0 Å². The first kappa shape index (κ1) is 19.0. The molecule has 0 bridgehead atoms. The van der Waals surface area contributed by atoms with Crippen LogP contribution in [0.15, 0.2) is 42.5 Å². The highest BCUT2D eigenvalue weighted by atomic mass is 16.5. The lowest BCUT2D eigenvalue weighted by Gasteiger charge is -2.09. The van der Waals surface area contributed by atoms with Crippen LogP contribution in [0.3, 0.4) is 0 Å². The third-order valence-corrected chi connectivity index (χ3v) is 4.11. The number of hydrogen-bond donors (Lipinski definition) is 2. The Bertz CT molecular complexity index is 1090. The predicted molar refractivity (Wildman–Crippen MR) is 103 cm³/mol. The van der Waals surface area contributed by atoms with Gasteiger partial charge >= 0.3 is 5.97 Å². The number of carbonyl (C=O) groups excluding carboxylic acids is 3. The molecule has 1 heterocycles. The van der Waals surface area contributed by atoms with Crippen molar-refractivity contribution < 1.29 is 19.1 Å². The van der Waals surface area contributed by atoms with Crippen LogP contribution in [-0.4, -0.2) is 34.4 Å². The fraction of sp³-hybridized carbons (Fsp3) is 0.150. The highest BCUT2D eigenvalue weighted by molar-refractivity contribution is 6.03. The number of para-hydroxylation sites is 1. The monoisotopic (exact) mass is 378 g/mol. The van der Waals surface area contributed by atoms with Crippen LogP contribution < -0.4 is 11.1 Å². The van der Waals surface area contributed by atoms with E-state index in [0.717, 1.165) is 11.4 Å². The molecule has 0 atom stereocenters. The van der Waals surface area contributed by atoms with Crippen molar-refractivity contribution in [3.05, 3.63) is 65.0 Å². The SMILES string of the molecule is Cc1nc2ccc(C(=O)OCC(=O)Nc3ccccc3C(N)=O)cc2nc1C. The second kappa shape index (κ2) is 7.83. The quantitative estimate of drug-likeness (QED) is 0.656. The van der Waals surface area contributed by atoms with E-state index in [1.165, 1.54) is 12.1 Å². The third kappa shape index (κ3) is 4.12. The van der Waals surface area contributed by atoms with Crippen molar-refractivity contribution in [2.24, 2.45) is 5.73 Å². The van der Waals surface area contributed by atoms with E-state index in [1.54, 1.807) is 30.3 Å². The Balaban J connectivity index is 1.67. The number of primary amides is 1. The molecule has 3 aromatic rings. The normalized spacial score (nSPS) is 10.5. The summed E-state index contributed by atoms with van der Waals surface area (Å²) in [5.74, 6) is -1.93. The molecule has 2 aromatic carbocycles. The number of fused-ring (bicyclic) bond motifs is 1. The van der Waals surface area contributed by atoms with Crippen molar-refractivity contribution in [1.29, 1.82) is 0 Å². The number of nitrogens with one attached hydrogen (secondary N) is 1. The van der Waals surface area contributed by atoms with Gasteiger partial charge in [-0.25, -0.2) is 14.8 Å². The Morgan fingerprint density at radius 1 is 1.00 bits per heavy atom. The van der Waals surface area contributed by atoms with Crippen LogP contribution in [0.5, 0.6) is 0 Å². The summed E-state index contributed by atoms with van der Waals surface area (Å²) in [5.41, 5.74) is 8.77. The summed E-state index contributed by atoms with van der Waals surface area (Å²) in [7, 11) is 0. The van der Waals surface area contributed by atoms with Gasteiger partial charge in [0, 0.05) is 0 Å². The summed E-state index contributed by atoms with van der Waals surface area (Å²) in [4.78, 5) is 44.5. The number of benzene rings is 2. The zero-order valence-electron chi connectivity index (χ0n) is 15.4. The Labute approximate surface area is 160 Å². The van der Waals surface area contributed by atoms with E-state index >= 15 is 0 Å². The number of anilines is 1. The molecule has 3 rings (SSSR count). The molecular weight excluding hydrogens is 360 g/mol. The Morgan fingerprint density at radius 2 is 1.68 bits per heavy atom. The van der Waals surface area contributed by atoms with E-state index < -0.39 is 24.4 Å². The number of esters is 1. The van der Waals surface area contributed by atoms with E-state index in [0.29, 0.717) is 11.0 Å². The third-order valence-electron chi connectivity index (χ3n) is 4.11. The van der Waals surface area contributed by atoms with E-state index in [1.807, 2.05) is 13.8 Å². The number of hydrogen-bond acceptors (Lipinski definition) is 6. The molecule has 28 heavy (non-hydrogen) atoms. The van der Waals surface area contributed by atoms with E-state index in [4.69, 9.17) is 10.5 Å². The standard InChI is InChI=1S/C20H18N4O4/c1-11-12(2)23-17-9-13(7-8-16(17)22-11)20(27)28-10-18(25)24-15-6-4-3-5-14(15)19(21)26/h3-9H,10H2,1-2H3,(H2,21,26)(H,24,25). The van der Waals surface area contributed by atoms with Gasteiger partial charge in [-0.1, -0.05) is 12.1 Å². The van der Waals surface area contributed by atoms with Gasteiger partial charge in [0.1, 0.15) is 0 Å². The molecule has 0 aliphatic heterocycles. The molecule has 142 valence electrons. The Morgan fingerprint density at radius 3 is 2.39 bits per heavy atom. The Kier molecular flexibility index (Phi) is 5.30. The largest absolute Gasteiger partial charge is 0.452 e. The predicted octanol–water partition coefficient (Wildman–Crippen LogP) is 2.14. The number of nitrogens with two attached hydrogens (primary N) is 1. The molecule has 0 fully saturated rings. The summed E-state index contributed by atoms with van der Waals surface area (Å²) in [6.45, 7) is 3.18. The summed E-state index contributed by atoms with van der Waals surface area (Å²) < 4.78 is 5.05. The summed E-state index contributed by atoms with van der Waals surface area (Å²) >= 11 is 0. The van der Waals surface area contributed by atoms with Crippen molar-refractivity contribution in [1.82, 2.24) is 9.97 Å². The molecule has 3 N–H and O–H groups in total. The van der Waals surface area contributed by atoms with Crippen LogP contribution >= 0.6 is 0 Å². The van der Waals surface area contributed by atoms with Crippen molar-refractivity contribution in [2.45, 2.75) is 13.8 Å².